The Morgan fingerprint density at radius 3 is 2.89 bits per heavy atom. The number of carbonyl (C=O) groups is 1. The first-order valence-electron chi connectivity index (χ1n) is 5.91. The largest absolute Gasteiger partial charge is 0.468 e. The number of carbonyl (C=O) groups excluding carboxylic acids is 1. The van der Waals surface area contributed by atoms with Crippen molar-refractivity contribution in [2.24, 2.45) is 5.84 Å². The highest BCUT2D eigenvalue weighted by molar-refractivity contribution is 7.97. The molecule has 0 aliphatic rings. The highest BCUT2D eigenvalue weighted by atomic mass is 32.2. The number of nitrogens with two attached hydrogens (primary N) is 1. The van der Waals surface area contributed by atoms with Gasteiger partial charge in [0, 0.05) is 5.75 Å². The van der Waals surface area contributed by atoms with Gasteiger partial charge in [-0.15, -0.1) is 11.8 Å². The predicted molar refractivity (Wildman–Crippen MR) is 76.5 cm³/mol. The molecule has 1 aromatic carbocycles. The van der Waals surface area contributed by atoms with E-state index in [1.54, 1.807) is 17.8 Å². The van der Waals surface area contributed by atoms with Gasteiger partial charge in [-0.2, -0.15) is 0 Å². The molecule has 100 valence electrons. The number of furan rings is 1. The summed E-state index contributed by atoms with van der Waals surface area (Å²) in [7, 11) is 0. The van der Waals surface area contributed by atoms with Gasteiger partial charge in [-0.1, -0.05) is 24.3 Å². The number of nitrogens with one attached hydrogen (secondary N) is 1. The van der Waals surface area contributed by atoms with Crippen molar-refractivity contribution >= 4 is 17.7 Å². The number of hydrogen-bond donors (Lipinski definition) is 2. The van der Waals surface area contributed by atoms with E-state index in [4.69, 9.17) is 10.3 Å². The second-order valence-corrected chi connectivity index (χ2v) is 5.18. The summed E-state index contributed by atoms with van der Waals surface area (Å²) in [6.45, 7) is 2.10. The summed E-state index contributed by atoms with van der Waals surface area (Å²) in [6.07, 6.45) is 1.42. The van der Waals surface area contributed by atoms with Crippen LogP contribution in [0.25, 0.3) is 0 Å². The van der Waals surface area contributed by atoms with Gasteiger partial charge in [-0.25, -0.2) is 5.84 Å². The molecule has 0 aliphatic heterocycles. The van der Waals surface area contributed by atoms with Gasteiger partial charge in [0.15, 0.2) is 0 Å². The smallest absolute Gasteiger partial charge is 0.268 e. The van der Waals surface area contributed by atoms with Gasteiger partial charge in [0.1, 0.15) is 12.0 Å². The predicted octanol–water partition coefficient (Wildman–Crippen LogP) is 2.62. The molecule has 0 saturated carbocycles. The highest BCUT2D eigenvalue weighted by Gasteiger charge is 2.08. The fourth-order valence-corrected chi connectivity index (χ4v) is 2.69. The van der Waals surface area contributed by atoms with E-state index in [9.17, 15) is 4.79 Å². The quantitative estimate of drug-likeness (QED) is 0.500. The first-order chi connectivity index (χ1) is 9.20. The van der Waals surface area contributed by atoms with E-state index in [0.717, 1.165) is 17.3 Å². The van der Waals surface area contributed by atoms with Crippen LogP contribution >= 0.6 is 11.8 Å². The lowest BCUT2D eigenvalue weighted by Crippen LogP contribution is -2.29. The van der Waals surface area contributed by atoms with Crippen LogP contribution in [0.2, 0.25) is 0 Å². The molecule has 1 aromatic heterocycles. The van der Waals surface area contributed by atoms with E-state index >= 15 is 0 Å². The van der Waals surface area contributed by atoms with Crippen molar-refractivity contribution in [2.75, 3.05) is 0 Å². The van der Waals surface area contributed by atoms with E-state index in [-0.39, 0.29) is 5.91 Å². The normalized spacial score (nSPS) is 10.4. The van der Waals surface area contributed by atoms with Gasteiger partial charge in [-0.3, -0.25) is 10.2 Å². The number of rotatable bonds is 5. The molecule has 0 unspecified atom stereocenters. The van der Waals surface area contributed by atoms with Crippen molar-refractivity contribution in [1.82, 2.24) is 5.43 Å². The summed E-state index contributed by atoms with van der Waals surface area (Å²) < 4.78 is 5.32. The van der Waals surface area contributed by atoms with Gasteiger partial charge in [0.25, 0.3) is 5.91 Å². The van der Waals surface area contributed by atoms with E-state index in [1.807, 2.05) is 12.1 Å². The van der Waals surface area contributed by atoms with Gasteiger partial charge in [-0.05, 0) is 24.1 Å². The maximum absolute atomic E-state index is 11.3. The average molecular weight is 276 g/mol. The zero-order valence-electron chi connectivity index (χ0n) is 10.7. The molecule has 2 rings (SSSR count). The maximum Gasteiger partial charge on any atom is 0.268 e. The number of thioether (sulfide) groups is 1. The first kappa shape index (κ1) is 13.7. The minimum absolute atomic E-state index is 0.334. The van der Waals surface area contributed by atoms with Gasteiger partial charge >= 0.3 is 0 Å². The second-order valence-electron chi connectivity index (χ2n) is 4.19. The molecule has 0 radical (unpaired) electrons. The third-order valence-corrected chi connectivity index (χ3v) is 3.81. The highest BCUT2D eigenvalue weighted by Crippen LogP contribution is 2.21. The molecule has 4 nitrogen and oxygen atoms in total. The summed E-state index contributed by atoms with van der Waals surface area (Å²) in [5.41, 5.74) is 5.14. The molecule has 3 N–H and O–H groups in total. The number of nitrogen functional groups attached to an aromatic ring is 1. The van der Waals surface area contributed by atoms with Crippen molar-refractivity contribution in [3.05, 3.63) is 59.0 Å². The fourth-order valence-electron chi connectivity index (χ4n) is 1.69. The first-order valence-corrected chi connectivity index (χ1v) is 7.07. The van der Waals surface area contributed by atoms with Crippen molar-refractivity contribution in [3.8, 4) is 0 Å². The number of amides is 1. The Balaban J connectivity index is 1.88. The molecule has 0 atom stereocenters. The van der Waals surface area contributed by atoms with E-state index < -0.39 is 0 Å². The van der Waals surface area contributed by atoms with Crippen molar-refractivity contribution < 1.29 is 9.21 Å². The SMILES string of the molecule is Cc1ccccc1CSCc1cc(C(=O)NN)co1. The lowest BCUT2D eigenvalue weighted by Gasteiger charge is -2.03. The van der Waals surface area contributed by atoms with Crippen LogP contribution in [-0.2, 0) is 11.5 Å². The molecule has 0 aliphatic carbocycles. The van der Waals surface area contributed by atoms with Crippen LogP contribution in [0, 0.1) is 6.92 Å². The summed E-state index contributed by atoms with van der Waals surface area (Å²) in [5.74, 6) is 7.15. The van der Waals surface area contributed by atoms with E-state index in [2.05, 4.69) is 24.5 Å². The Bertz CT molecular complexity index is 566. The van der Waals surface area contributed by atoms with E-state index in [0.29, 0.717) is 5.56 Å². The lowest BCUT2D eigenvalue weighted by molar-refractivity contribution is 0.0953. The van der Waals surface area contributed by atoms with Crippen molar-refractivity contribution in [1.29, 1.82) is 0 Å². The Labute approximate surface area is 116 Å². The summed E-state index contributed by atoms with van der Waals surface area (Å²) in [4.78, 5) is 11.3. The fraction of sp³-hybridized carbons (Fsp3) is 0.214. The third kappa shape index (κ3) is 3.62. The molecule has 0 spiro atoms. The molecule has 1 heterocycles. The zero-order valence-corrected chi connectivity index (χ0v) is 11.5. The van der Waals surface area contributed by atoms with Crippen LogP contribution < -0.4 is 11.3 Å². The Morgan fingerprint density at radius 1 is 1.37 bits per heavy atom. The van der Waals surface area contributed by atoms with Crippen LogP contribution in [-0.4, -0.2) is 5.91 Å². The molecule has 0 saturated heterocycles. The summed E-state index contributed by atoms with van der Waals surface area (Å²) >= 11 is 1.75. The standard InChI is InChI=1S/C14H16N2O2S/c1-10-4-2-3-5-11(10)8-19-9-13-6-12(7-18-13)14(17)16-15/h2-7H,8-9,15H2,1H3,(H,16,17). The average Bonchev–Trinajstić information content (AvgIpc) is 2.89. The molecule has 19 heavy (non-hydrogen) atoms. The topological polar surface area (TPSA) is 68.3 Å². The molecule has 0 fully saturated rings. The van der Waals surface area contributed by atoms with Crippen LogP contribution in [0.5, 0.6) is 0 Å². The van der Waals surface area contributed by atoms with Crippen LogP contribution in [0.4, 0.5) is 0 Å². The molecule has 0 bridgehead atoms. The lowest BCUT2D eigenvalue weighted by atomic mass is 10.1. The Kier molecular flexibility index (Phi) is 4.65. The summed E-state index contributed by atoms with van der Waals surface area (Å²) in [5, 5.41) is 0. The molecule has 2 aromatic rings. The Morgan fingerprint density at radius 2 is 2.16 bits per heavy atom. The second kappa shape index (κ2) is 6.45. The van der Waals surface area contributed by atoms with Gasteiger partial charge in [0.05, 0.1) is 11.3 Å². The van der Waals surface area contributed by atoms with Gasteiger partial charge < -0.3 is 4.42 Å². The minimum atomic E-state index is -0.334. The number of hydrazine groups is 1. The van der Waals surface area contributed by atoms with Crippen LogP contribution in [0.1, 0.15) is 27.2 Å². The monoisotopic (exact) mass is 276 g/mol. The number of aryl methyl sites for hydroxylation is 1. The number of benzene rings is 1. The Hall–Kier alpha value is -1.72. The van der Waals surface area contributed by atoms with E-state index in [1.165, 1.54) is 17.4 Å². The molecular weight excluding hydrogens is 260 g/mol. The third-order valence-electron chi connectivity index (χ3n) is 2.81. The van der Waals surface area contributed by atoms with Crippen LogP contribution in [0.3, 0.4) is 0 Å². The van der Waals surface area contributed by atoms with Crippen molar-refractivity contribution in [3.63, 3.8) is 0 Å². The van der Waals surface area contributed by atoms with Crippen LogP contribution in [0.15, 0.2) is 41.0 Å². The summed E-state index contributed by atoms with van der Waals surface area (Å²) in [6, 6.07) is 10.0. The number of hydrogen-bond acceptors (Lipinski definition) is 4. The molecular formula is C14H16N2O2S. The maximum atomic E-state index is 11.3. The minimum Gasteiger partial charge on any atom is -0.468 e. The zero-order chi connectivity index (χ0) is 13.7. The van der Waals surface area contributed by atoms with Gasteiger partial charge in [0.2, 0.25) is 0 Å². The van der Waals surface area contributed by atoms with Crippen molar-refractivity contribution in [2.45, 2.75) is 18.4 Å². The molecule has 1 amide bonds. The molecule has 5 heteroatoms.